The lowest BCUT2D eigenvalue weighted by Gasteiger charge is -2.19. The van der Waals surface area contributed by atoms with E-state index in [-0.39, 0.29) is 6.10 Å². The lowest BCUT2D eigenvalue weighted by atomic mass is 10.1. The summed E-state index contributed by atoms with van der Waals surface area (Å²) in [5.74, 6) is 0. The van der Waals surface area contributed by atoms with Gasteiger partial charge in [-0.1, -0.05) is 0 Å². The van der Waals surface area contributed by atoms with Gasteiger partial charge >= 0.3 is 0 Å². The first-order chi connectivity index (χ1) is 4.79. The Kier molecular flexibility index (Phi) is 2.44. The van der Waals surface area contributed by atoms with Crippen molar-refractivity contribution in [3.63, 3.8) is 0 Å². The van der Waals surface area contributed by atoms with Crippen LogP contribution < -0.4 is 5.32 Å². The minimum atomic E-state index is -0.725. The van der Waals surface area contributed by atoms with E-state index in [0.717, 1.165) is 19.4 Å². The normalized spacial score (nSPS) is 25.8. The first-order valence-electron chi connectivity index (χ1n) is 3.31. The quantitative estimate of drug-likeness (QED) is 0.438. The number of hydrogen-bond donors (Lipinski definition) is 1. The number of rotatable bonds is 2. The minimum absolute atomic E-state index is 0.233. The van der Waals surface area contributed by atoms with Crippen LogP contribution in [0, 0.1) is 10.1 Å². The Morgan fingerprint density at radius 2 is 2.50 bits per heavy atom. The van der Waals surface area contributed by atoms with E-state index in [9.17, 15) is 10.1 Å². The summed E-state index contributed by atoms with van der Waals surface area (Å²) in [5, 5.41) is 12.1. The van der Waals surface area contributed by atoms with E-state index >= 15 is 0 Å². The average molecular weight is 146 g/mol. The van der Waals surface area contributed by atoms with Crippen LogP contribution >= 0.6 is 0 Å². The Hall–Kier alpha value is -0.840. The van der Waals surface area contributed by atoms with Crippen LogP contribution in [-0.4, -0.2) is 24.3 Å². The van der Waals surface area contributed by atoms with Gasteiger partial charge in [-0.2, -0.15) is 0 Å². The highest BCUT2D eigenvalue weighted by molar-refractivity contribution is 4.66. The van der Waals surface area contributed by atoms with Gasteiger partial charge in [-0.3, -0.25) is 0 Å². The average Bonchev–Trinajstić information content (AvgIpc) is 1.88. The van der Waals surface area contributed by atoms with Crippen molar-refractivity contribution in [1.82, 2.24) is 5.32 Å². The molecule has 1 atom stereocenters. The molecular weight excluding hydrogens is 136 g/mol. The summed E-state index contributed by atoms with van der Waals surface area (Å²) in [6, 6.07) is 0. The van der Waals surface area contributed by atoms with Crippen LogP contribution in [0.15, 0.2) is 0 Å². The molecule has 0 saturated carbocycles. The fourth-order valence-corrected chi connectivity index (χ4v) is 1.03. The molecule has 1 fully saturated rings. The van der Waals surface area contributed by atoms with Crippen LogP contribution in [-0.2, 0) is 4.84 Å². The molecule has 1 N–H and O–H groups in total. The van der Waals surface area contributed by atoms with Crippen LogP contribution in [0.25, 0.3) is 0 Å². The molecule has 0 spiro atoms. The summed E-state index contributed by atoms with van der Waals surface area (Å²) in [4.78, 5) is 14.2. The largest absolute Gasteiger partial charge is 0.315 e. The standard InChI is InChI=1S/C5H10N2O3/c8-7(9)10-5-2-1-3-6-4-5/h5-6H,1-4H2. The topological polar surface area (TPSA) is 64.4 Å². The molecule has 0 aromatic carbocycles. The van der Waals surface area contributed by atoms with E-state index in [4.69, 9.17) is 0 Å². The molecule has 5 heteroatoms. The maximum atomic E-state index is 9.82. The van der Waals surface area contributed by atoms with Gasteiger partial charge in [0, 0.05) is 6.54 Å². The Morgan fingerprint density at radius 3 is 3.00 bits per heavy atom. The van der Waals surface area contributed by atoms with Crippen molar-refractivity contribution in [2.45, 2.75) is 18.9 Å². The zero-order chi connectivity index (χ0) is 7.40. The predicted octanol–water partition coefficient (Wildman–Crippen LogP) is -0.0533. The van der Waals surface area contributed by atoms with Crippen molar-refractivity contribution in [2.24, 2.45) is 0 Å². The molecule has 0 amide bonds. The van der Waals surface area contributed by atoms with Gasteiger partial charge in [0.15, 0.2) is 0 Å². The van der Waals surface area contributed by atoms with Crippen molar-refractivity contribution in [2.75, 3.05) is 13.1 Å². The molecule has 0 aromatic rings. The van der Waals surface area contributed by atoms with Crippen molar-refractivity contribution in [3.05, 3.63) is 10.1 Å². The Morgan fingerprint density at radius 1 is 1.70 bits per heavy atom. The Balaban J connectivity index is 2.19. The second-order valence-electron chi connectivity index (χ2n) is 2.30. The molecule has 1 saturated heterocycles. The smallest absolute Gasteiger partial charge is 0.294 e. The lowest BCUT2D eigenvalue weighted by molar-refractivity contribution is -0.768. The highest BCUT2D eigenvalue weighted by Gasteiger charge is 2.15. The molecule has 58 valence electrons. The number of nitrogens with zero attached hydrogens (tertiary/aromatic N) is 1. The molecule has 0 aromatic heterocycles. The monoisotopic (exact) mass is 146 g/mol. The molecule has 0 bridgehead atoms. The van der Waals surface area contributed by atoms with Gasteiger partial charge in [0.25, 0.3) is 5.09 Å². The maximum Gasteiger partial charge on any atom is 0.294 e. The maximum absolute atomic E-state index is 9.82. The zero-order valence-electron chi connectivity index (χ0n) is 5.58. The van der Waals surface area contributed by atoms with Crippen molar-refractivity contribution in [1.29, 1.82) is 0 Å². The Bertz CT molecular complexity index is 122. The molecular formula is C5H10N2O3. The molecule has 1 aliphatic heterocycles. The number of hydrogen-bond acceptors (Lipinski definition) is 4. The van der Waals surface area contributed by atoms with E-state index in [1.807, 2.05) is 0 Å². The first kappa shape index (κ1) is 7.27. The highest BCUT2D eigenvalue weighted by Crippen LogP contribution is 2.04. The highest BCUT2D eigenvalue weighted by atomic mass is 17.0. The summed E-state index contributed by atoms with van der Waals surface area (Å²) >= 11 is 0. The molecule has 0 radical (unpaired) electrons. The van der Waals surface area contributed by atoms with E-state index in [1.54, 1.807) is 0 Å². The van der Waals surface area contributed by atoms with Crippen molar-refractivity contribution in [3.8, 4) is 0 Å². The van der Waals surface area contributed by atoms with Gasteiger partial charge in [0.2, 0.25) is 0 Å². The fourth-order valence-electron chi connectivity index (χ4n) is 1.03. The Labute approximate surface area is 58.5 Å². The van der Waals surface area contributed by atoms with Gasteiger partial charge in [0.05, 0.1) is 0 Å². The van der Waals surface area contributed by atoms with Crippen LogP contribution in [0.2, 0.25) is 0 Å². The fraction of sp³-hybridized carbons (Fsp3) is 1.00. The summed E-state index contributed by atoms with van der Waals surface area (Å²) < 4.78 is 0. The second kappa shape index (κ2) is 3.36. The SMILES string of the molecule is O=[N+]([O-])OC1CCCNC1. The molecule has 0 aliphatic carbocycles. The molecule has 5 nitrogen and oxygen atoms in total. The number of nitrogens with one attached hydrogen (secondary N) is 1. The first-order valence-corrected chi connectivity index (χ1v) is 3.31. The third-order valence-electron chi connectivity index (χ3n) is 1.49. The third-order valence-corrected chi connectivity index (χ3v) is 1.49. The number of piperidine rings is 1. The van der Waals surface area contributed by atoms with Gasteiger partial charge in [0.1, 0.15) is 6.10 Å². The van der Waals surface area contributed by atoms with E-state index < -0.39 is 5.09 Å². The minimum Gasteiger partial charge on any atom is -0.315 e. The van der Waals surface area contributed by atoms with Crippen LogP contribution in [0.5, 0.6) is 0 Å². The van der Waals surface area contributed by atoms with Crippen LogP contribution in [0.3, 0.4) is 0 Å². The molecule has 1 unspecified atom stereocenters. The van der Waals surface area contributed by atoms with Crippen molar-refractivity contribution < 1.29 is 9.92 Å². The van der Waals surface area contributed by atoms with Crippen molar-refractivity contribution >= 4 is 0 Å². The molecule has 10 heavy (non-hydrogen) atoms. The molecule has 1 heterocycles. The van der Waals surface area contributed by atoms with E-state index in [2.05, 4.69) is 10.2 Å². The van der Waals surface area contributed by atoms with Gasteiger partial charge in [-0.15, -0.1) is 10.1 Å². The summed E-state index contributed by atoms with van der Waals surface area (Å²) in [6.07, 6.45) is 1.51. The molecule has 1 rings (SSSR count). The zero-order valence-corrected chi connectivity index (χ0v) is 5.58. The molecule has 1 aliphatic rings. The summed E-state index contributed by atoms with van der Waals surface area (Å²) in [7, 11) is 0. The predicted molar refractivity (Wildman–Crippen MR) is 34.0 cm³/mol. The summed E-state index contributed by atoms with van der Waals surface area (Å²) in [6.45, 7) is 1.54. The van der Waals surface area contributed by atoms with Crippen LogP contribution in [0.1, 0.15) is 12.8 Å². The lowest BCUT2D eigenvalue weighted by Crippen LogP contribution is -2.36. The van der Waals surface area contributed by atoms with Gasteiger partial charge < -0.3 is 10.2 Å². The van der Waals surface area contributed by atoms with E-state index in [0.29, 0.717) is 6.54 Å². The van der Waals surface area contributed by atoms with Gasteiger partial charge in [-0.25, -0.2) is 0 Å². The second-order valence-corrected chi connectivity index (χ2v) is 2.30. The van der Waals surface area contributed by atoms with E-state index in [1.165, 1.54) is 0 Å². The van der Waals surface area contributed by atoms with Crippen LogP contribution in [0.4, 0.5) is 0 Å². The van der Waals surface area contributed by atoms with Gasteiger partial charge in [-0.05, 0) is 19.4 Å². The summed E-state index contributed by atoms with van der Waals surface area (Å²) in [5.41, 5.74) is 0. The third kappa shape index (κ3) is 2.18.